The number of sulfone groups is 1. The molecule has 4 nitrogen and oxygen atoms in total. The van der Waals surface area contributed by atoms with E-state index in [1.165, 1.54) is 13.8 Å². The summed E-state index contributed by atoms with van der Waals surface area (Å²) < 4.78 is 62.3. The van der Waals surface area contributed by atoms with E-state index in [0.717, 1.165) is 0 Å². The number of alkyl halides is 3. The van der Waals surface area contributed by atoms with Crippen LogP contribution >= 0.6 is 0 Å². The van der Waals surface area contributed by atoms with Gasteiger partial charge in [0.25, 0.3) is 0 Å². The number of hydrogen-bond acceptors (Lipinski definition) is 3. The predicted molar refractivity (Wildman–Crippen MR) is 68.9 cm³/mol. The molecule has 1 aliphatic rings. The number of rotatable bonds is 3. The summed E-state index contributed by atoms with van der Waals surface area (Å²) in [6, 6.07) is -1.86. The van der Waals surface area contributed by atoms with E-state index in [1.807, 2.05) is 0 Å². The van der Waals surface area contributed by atoms with Crippen LogP contribution < -0.4 is 0 Å². The molecule has 1 unspecified atom stereocenters. The van der Waals surface area contributed by atoms with E-state index < -0.39 is 39.0 Å². The van der Waals surface area contributed by atoms with Gasteiger partial charge in [0, 0.05) is 6.54 Å². The van der Waals surface area contributed by atoms with E-state index in [4.69, 9.17) is 0 Å². The first-order valence-electron chi connectivity index (χ1n) is 6.63. The van der Waals surface area contributed by atoms with Crippen molar-refractivity contribution < 1.29 is 26.4 Å². The van der Waals surface area contributed by atoms with Crippen molar-refractivity contribution in [2.75, 3.05) is 12.3 Å². The van der Waals surface area contributed by atoms with Gasteiger partial charge < -0.3 is 4.90 Å². The number of carbonyl (C=O) groups is 1. The molecule has 1 atom stereocenters. The Bertz CT molecular complexity index is 445. The molecule has 0 saturated carbocycles. The van der Waals surface area contributed by atoms with Crippen molar-refractivity contribution in [3.8, 4) is 0 Å². The molecule has 0 aromatic carbocycles. The van der Waals surface area contributed by atoms with Crippen molar-refractivity contribution in [1.29, 1.82) is 0 Å². The summed E-state index contributed by atoms with van der Waals surface area (Å²) in [5, 5.41) is -0.775. The van der Waals surface area contributed by atoms with Gasteiger partial charge in [-0.2, -0.15) is 13.2 Å². The first kappa shape index (κ1) is 17.3. The minimum absolute atomic E-state index is 0.0311. The highest BCUT2D eigenvalue weighted by Crippen LogP contribution is 2.31. The van der Waals surface area contributed by atoms with E-state index >= 15 is 0 Å². The molecule has 118 valence electrons. The third kappa shape index (κ3) is 4.36. The highest BCUT2D eigenvalue weighted by Gasteiger charge is 2.46. The van der Waals surface area contributed by atoms with E-state index in [1.54, 1.807) is 0 Å². The Balaban J connectivity index is 2.92. The molecular formula is C12H20F3NO3S. The Morgan fingerprint density at radius 1 is 1.25 bits per heavy atom. The van der Waals surface area contributed by atoms with Crippen LogP contribution in [0.3, 0.4) is 0 Å². The molecule has 0 radical (unpaired) electrons. The Hall–Kier alpha value is -0.790. The molecule has 1 amide bonds. The number of nitrogens with zero attached hydrogens (tertiary/aromatic N) is 1. The molecule has 1 fully saturated rings. The predicted octanol–water partition coefficient (Wildman–Crippen LogP) is 2.14. The SMILES string of the molecule is CC(C)S(=O)(=O)CC(=O)N1CCCCCC1C(F)(F)F. The maximum Gasteiger partial charge on any atom is 0.408 e. The summed E-state index contributed by atoms with van der Waals surface area (Å²) in [4.78, 5) is 12.7. The molecule has 0 spiro atoms. The molecule has 20 heavy (non-hydrogen) atoms. The average molecular weight is 315 g/mol. The number of likely N-dealkylation sites (tertiary alicyclic amines) is 1. The Morgan fingerprint density at radius 2 is 1.85 bits per heavy atom. The molecule has 8 heteroatoms. The quantitative estimate of drug-likeness (QED) is 0.802. The van der Waals surface area contributed by atoms with Gasteiger partial charge in [0.15, 0.2) is 9.84 Å². The van der Waals surface area contributed by atoms with Gasteiger partial charge in [-0.1, -0.05) is 12.8 Å². The van der Waals surface area contributed by atoms with Crippen LogP contribution in [0.15, 0.2) is 0 Å². The van der Waals surface area contributed by atoms with Crippen LogP contribution in [0.25, 0.3) is 0 Å². The lowest BCUT2D eigenvalue weighted by molar-refractivity contribution is -0.189. The summed E-state index contributed by atoms with van der Waals surface area (Å²) in [6.45, 7) is 2.79. The summed E-state index contributed by atoms with van der Waals surface area (Å²) in [5.74, 6) is -1.79. The van der Waals surface area contributed by atoms with E-state index in [0.29, 0.717) is 24.2 Å². The normalized spacial score (nSPS) is 21.9. The molecule has 0 N–H and O–H groups in total. The molecule has 0 aromatic rings. The van der Waals surface area contributed by atoms with Crippen LogP contribution in [0.4, 0.5) is 13.2 Å². The Kier molecular flexibility index (Phi) is 5.46. The second-order valence-corrected chi connectivity index (χ2v) is 7.91. The van der Waals surface area contributed by atoms with Crippen LogP contribution in [-0.4, -0.2) is 49.0 Å². The van der Waals surface area contributed by atoms with Crippen molar-refractivity contribution >= 4 is 15.7 Å². The zero-order valence-corrected chi connectivity index (χ0v) is 12.4. The van der Waals surface area contributed by atoms with Crippen LogP contribution in [0.5, 0.6) is 0 Å². The first-order valence-corrected chi connectivity index (χ1v) is 8.35. The number of hydrogen-bond donors (Lipinski definition) is 0. The Morgan fingerprint density at radius 3 is 2.35 bits per heavy atom. The molecular weight excluding hydrogens is 295 g/mol. The highest BCUT2D eigenvalue weighted by atomic mass is 32.2. The van der Waals surface area contributed by atoms with Crippen molar-refractivity contribution in [1.82, 2.24) is 4.90 Å². The summed E-state index contributed by atoms with van der Waals surface area (Å²) >= 11 is 0. The molecule has 1 aliphatic heterocycles. The maximum absolute atomic E-state index is 13.0. The van der Waals surface area contributed by atoms with Gasteiger partial charge in [0.2, 0.25) is 5.91 Å². The fourth-order valence-electron chi connectivity index (χ4n) is 2.17. The number of carbonyl (C=O) groups excluding carboxylic acids is 1. The minimum Gasteiger partial charge on any atom is -0.330 e. The van der Waals surface area contributed by atoms with Crippen molar-refractivity contribution in [3.05, 3.63) is 0 Å². The van der Waals surface area contributed by atoms with Crippen LogP contribution in [0.2, 0.25) is 0 Å². The van der Waals surface area contributed by atoms with Gasteiger partial charge in [0.1, 0.15) is 11.8 Å². The van der Waals surface area contributed by atoms with Crippen LogP contribution in [-0.2, 0) is 14.6 Å². The number of halogens is 3. The lowest BCUT2D eigenvalue weighted by atomic mass is 10.1. The highest BCUT2D eigenvalue weighted by molar-refractivity contribution is 7.92. The summed E-state index contributed by atoms with van der Waals surface area (Å²) in [7, 11) is -3.69. The van der Waals surface area contributed by atoms with Gasteiger partial charge >= 0.3 is 6.18 Å². The van der Waals surface area contributed by atoms with E-state index in [2.05, 4.69) is 0 Å². The third-order valence-electron chi connectivity index (χ3n) is 3.49. The van der Waals surface area contributed by atoms with Gasteiger partial charge in [0.05, 0.1) is 5.25 Å². The van der Waals surface area contributed by atoms with Gasteiger partial charge in [-0.25, -0.2) is 8.42 Å². The fourth-order valence-corrected chi connectivity index (χ4v) is 3.01. The van der Waals surface area contributed by atoms with Crippen LogP contribution in [0.1, 0.15) is 39.5 Å². The molecule has 1 saturated heterocycles. The molecule has 1 rings (SSSR count). The average Bonchev–Trinajstić information content (AvgIpc) is 2.52. The molecule has 1 heterocycles. The second-order valence-electron chi connectivity index (χ2n) is 5.35. The van der Waals surface area contributed by atoms with Crippen molar-refractivity contribution in [3.63, 3.8) is 0 Å². The van der Waals surface area contributed by atoms with Gasteiger partial charge in [-0.15, -0.1) is 0 Å². The second kappa shape index (κ2) is 6.32. The molecule has 0 aliphatic carbocycles. The largest absolute Gasteiger partial charge is 0.408 e. The minimum atomic E-state index is -4.51. The Labute approximate surface area is 117 Å². The first-order chi connectivity index (χ1) is 9.05. The number of amides is 1. The van der Waals surface area contributed by atoms with E-state index in [-0.39, 0.29) is 13.0 Å². The zero-order chi connectivity index (χ0) is 15.6. The zero-order valence-electron chi connectivity index (χ0n) is 11.6. The van der Waals surface area contributed by atoms with Crippen LogP contribution in [0, 0.1) is 0 Å². The van der Waals surface area contributed by atoms with Gasteiger partial charge in [-0.3, -0.25) is 4.79 Å². The molecule has 0 bridgehead atoms. The standard InChI is InChI=1S/C12H20F3NO3S/c1-9(2)20(18,19)8-11(17)16-7-5-3-4-6-10(16)12(13,14)15/h9-10H,3-8H2,1-2H3. The third-order valence-corrected chi connectivity index (χ3v) is 5.58. The monoisotopic (exact) mass is 315 g/mol. The topological polar surface area (TPSA) is 54.5 Å². The van der Waals surface area contributed by atoms with Gasteiger partial charge in [-0.05, 0) is 26.7 Å². The maximum atomic E-state index is 13.0. The summed E-state index contributed by atoms with van der Waals surface area (Å²) in [6.07, 6.45) is -3.18. The van der Waals surface area contributed by atoms with Crippen molar-refractivity contribution in [2.24, 2.45) is 0 Å². The fraction of sp³-hybridized carbons (Fsp3) is 0.917. The smallest absolute Gasteiger partial charge is 0.330 e. The lowest BCUT2D eigenvalue weighted by Crippen LogP contribution is -2.50. The molecule has 0 aromatic heterocycles. The lowest BCUT2D eigenvalue weighted by Gasteiger charge is -2.31. The summed E-state index contributed by atoms with van der Waals surface area (Å²) in [5.41, 5.74) is 0. The van der Waals surface area contributed by atoms with E-state index in [9.17, 15) is 26.4 Å². The van der Waals surface area contributed by atoms with Crippen molar-refractivity contribution in [2.45, 2.75) is 57.0 Å².